The molecule has 158 valence electrons. The fourth-order valence-corrected chi connectivity index (χ4v) is 4.45. The zero-order chi connectivity index (χ0) is 22.6. The molecular formula is C24H16BrN3O4. The summed E-state index contributed by atoms with van der Waals surface area (Å²) in [4.78, 5) is 26.8. The number of nitrogens with one attached hydrogen (secondary N) is 2. The van der Waals surface area contributed by atoms with E-state index in [1.54, 1.807) is 19.1 Å². The highest BCUT2D eigenvalue weighted by Crippen LogP contribution is 2.38. The number of rotatable bonds is 3. The van der Waals surface area contributed by atoms with Crippen LogP contribution in [0.2, 0.25) is 0 Å². The van der Waals surface area contributed by atoms with Gasteiger partial charge in [-0.25, -0.2) is 0 Å². The Morgan fingerprint density at radius 3 is 2.69 bits per heavy atom. The Kier molecular flexibility index (Phi) is 4.60. The van der Waals surface area contributed by atoms with E-state index in [9.17, 15) is 20.0 Å². The van der Waals surface area contributed by atoms with Gasteiger partial charge in [-0.15, -0.1) is 0 Å². The van der Waals surface area contributed by atoms with Gasteiger partial charge in [-0.05, 0) is 42.6 Å². The number of fused-ring (bicyclic) bond motifs is 5. The Hall–Kier alpha value is -3.91. The zero-order valence-corrected chi connectivity index (χ0v) is 18.4. The molecule has 0 saturated heterocycles. The van der Waals surface area contributed by atoms with Crippen LogP contribution in [-0.4, -0.2) is 20.9 Å². The predicted octanol–water partition coefficient (Wildman–Crippen LogP) is 6.41. The third kappa shape index (κ3) is 3.16. The molecule has 3 N–H and O–H groups in total. The number of aryl methyl sites for hydroxylation is 1. The molecule has 5 aromatic rings. The molecule has 0 saturated carbocycles. The number of non-ortho nitro benzene ring substituents is 1. The zero-order valence-electron chi connectivity index (χ0n) is 16.8. The number of amides is 1. The number of aromatic hydroxyl groups is 1. The summed E-state index contributed by atoms with van der Waals surface area (Å²) in [7, 11) is 0. The molecular weight excluding hydrogens is 474 g/mol. The van der Waals surface area contributed by atoms with E-state index in [1.807, 2.05) is 30.3 Å². The Balaban J connectivity index is 1.63. The third-order valence-corrected chi connectivity index (χ3v) is 6.11. The van der Waals surface area contributed by atoms with Crippen molar-refractivity contribution in [2.75, 3.05) is 5.32 Å². The summed E-state index contributed by atoms with van der Waals surface area (Å²) in [6.07, 6.45) is 0. The van der Waals surface area contributed by atoms with Gasteiger partial charge in [0.2, 0.25) is 0 Å². The Morgan fingerprint density at radius 1 is 1.09 bits per heavy atom. The molecule has 0 radical (unpaired) electrons. The first-order chi connectivity index (χ1) is 15.3. The first-order valence-corrected chi connectivity index (χ1v) is 10.5. The number of phenolic OH excluding ortho intramolecular Hbond substituents is 1. The summed E-state index contributed by atoms with van der Waals surface area (Å²) < 4.78 is 0.971. The van der Waals surface area contributed by atoms with Gasteiger partial charge in [0.1, 0.15) is 5.75 Å². The lowest BCUT2D eigenvalue weighted by Gasteiger charge is -2.12. The van der Waals surface area contributed by atoms with Gasteiger partial charge in [-0.2, -0.15) is 0 Å². The van der Waals surface area contributed by atoms with Gasteiger partial charge in [-0.1, -0.05) is 34.1 Å². The summed E-state index contributed by atoms with van der Waals surface area (Å²) in [6.45, 7) is 1.77. The van der Waals surface area contributed by atoms with Gasteiger partial charge in [-0.3, -0.25) is 14.9 Å². The minimum atomic E-state index is -0.548. The molecule has 8 heteroatoms. The number of hydrogen-bond acceptors (Lipinski definition) is 4. The molecule has 1 aromatic heterocycles. The maximum atomic E-state index is 12.9. The van der Waals surface area contributed by atoms with E-state index >= 15 is 0 Å². The van der Waals surface area contributed by atoms with Crippen LogP contribution in [0, 0.1) is 17.0 Å². The number of carbonyl (C=O) groups excluding carboxylic acids is 1. The van der Waals surface area contributed by atoms with Crippen molar-refractivity contribution in [3.05, 3.63) is 86.4 Å². The first kappa shape index (κ1) is 20.0. The standard InChI is InChI=1S/C24H16BrN3O4/c1-12-21-13(5-7-17-18-10-14(25)6-8-20(18)27-22(17)21)9-19(23(12)29)24(30)26-15-3-2-4-16(11-15)28(31)32/h2-11,27,29H,1H3,(H,26,30). The summed E-state index contributed by atoms with van der Waals surface area (Å²) in [5.74, 6) is -0.679. The highest BCUT2D eigenvalue weighted by molar-refractivity contribution is 9.10. The van der Waals surface area contributed by atoms with Crippen molar-refractivity contribution in [3.63, 3.8) is 0 Å². The predicted molar refractivity (Wildman–Crippen MR) is 128 cm³/mol. The van der Waals surface area contributed by atoms with Crippen molar-refractivity contribution >= 4 is 65.8 Å². The van der Waals surface area contributed by atoms with Gasteiger partial charge in [0.15, 0.2) is 0 Å². The highest BCUT2D eigenvalue weighted by atomic mass is 79.9. The molecule has 1 heterocycles. The Labute approximate surface area is 189 Å². The van der Waals surface area contributed by atoms with Crippen LogP contribution >= 0.6 is 15.9 Å². The third-order valence-electron chi connectivity index (χ3n) is 5.61. The average molecular weight is 490 g/mol. The van der Waals surface area contributed by atoms with Crippen LogP contribution in [0.15, 0.2) is 65.1 Å². The number of benzene rings is 4. The van der Waals surface area contributed by atoms with Gasteiger partial charge in [0, 0.05) is 49.5 Å². The number of nitro benzene ring substituents is 1. The minimum absolute atomic E-state index is 0.0970. The van der Waals surface area contributed by atoms with Gasteiger partial charge >= 0.3 is 0 Å². The monoisotopic (exact) mass is 489 g/mol. The van der Waals surface area contributed by atoms with Crippen LogP contribution in [0.4, 0.5) is 11.4 Å². The van der Waals surface area contributed by atoms with Crippen molar-refractivity contribution in [3.8, 4) is 5.75 Å². The number of hydrogen-bond donors (Lipinski definition) is 3. The molecule has 0 bridgehead atoms. The topological polar surface area (TPSA) is 108 Å². The molecule has 0 fully saturated rings. The van der Waals surface area contributed by atoms with Crippen LogP contribution in [0.5, 0.6) is 5.75 Å². The highest BCUT2D eigenvalue weighted by Gasteiger charge is 2.19. The molecule has 4 aromatic carbocycles. The fourth-order valence-electron chi connectivity index (χ4n) is 4.09. The number of aromatic nitrogens is 1. The van der Waals surface area contributed by atoms with E-state index in [4.69, 9.17) is 0 Å². The Bertz CT molecular complexity index is 1590. The van der Waals surface area contributed by atoms with Crippen molar-refractivity contribution in [2.45, 2.75) is 6.92 Å². The number of phenols is 1. The summed E-state index contributed by atoms with van der Waals surface area (Å²) in [5.41, 5.74) is 2.67. The second-order valence-corrected chi connectivity index (χ2v) is 8.48. The normalized spacial score (nSPS) is 11.3. The van der Waals surface area contributed by atoms with Crippen molar-refractivity contribution in [1.82, 2.24) is 4.98 Å². The van der Waals surface area contributed by atoms with Gasteiger partial charge < -0.3 is 15.4 Å². The van der Waals surface area contributed by atoms with E-state index in [-0.39, 0.29) is 22.7 Å². The first-order valence-electron chi connectivity index (χ1n) is 9.75. The molecule has 1 amide bonds. The van der Waals surface area contributed by atoms with Crippen LogP contribution < -0.4 is 5.32 Å². The molecule has 0 aliphatic rings. The van der Waals surface area contributed by atoms with Crippen LogP contribution in [0.25, 0.3) is 32.6 Å². The van der Waals surface area contributed by atoms with Crippen molar-refractivity contribution in [2.24, 2.45) is 0 Å². The SMILES string of the molecule is Cc1c(O)c(C(=O)Nc2cccc([N+](=O)[O-])c2)cc2ccc3c4cc(Br)ccc4[nH]c3c12. The molecule has 0 spiro atoms. The summed E-state index contributed by atoms with van der Waals surface area (Å²) in [5, 5.41) is 28.2. The lowest BCUT2D eigenvalue weighted by molar-refractivity contribution is -0.384. The summed E-state index contributed by atoms with van der Waals surface area (Å²) in [6, 6.07) is 17.2. The number of halogens is 1. The van der Waals surface area contributed by atoms with E-state index < -0.39 is 10.8 Å². The number of nitrogens with zero attached hydrogens (tertiary/aromatic N) is 1. The van der Waals surface area contributed by atoms with Gasteiger partial charge in [0.25, 0.3) is 11.6 Å². The van der Waals surface area contributed by atoms with Crippen LogP contribution in [0.3, 0.4) is 0 Å². The average Bonchev–Trinajstić information content (AvgIpc) is 3.13. The van der Waals surface area contributed by atoms with Crippen molar-refractivity contribution < 1.29 is 14.8 Å². The largest absolute Gasteiger partial charge is 0.507 e. The molecule has 5 rings (SSSR count). The molecule has 0 aliphatic carbocycles. The number of H-pyrrole nitrogens is 1. The quantitative estimate of drug-likeness (QED) is 0.201. The van der Waals surface area contributed by atoms with E-state index in [2.05, 4.69) is 26.2 Å². The van der Waals surface area contributed by atoms with Crippen LogP contribution in [0.1, 0.15) is 15.9 Å². The van der Waals surface area contributed by atoms with E-state index in [1.165, 1.54) is 18.2 Å². The number of anilines is 1. The van der Waals surface area contributed by atoms with Crippen molar-refractivity contribution in [1.29, 1.82) is 0 Å². The second-order valence-electron chi connectivity index (χ2n) is 7.56. The lowest BCUT2D eigenvalue weighted by atomic mass is 9.97. The second kappa shape index (κ2) is 7.35. The van der Waals surface area contributed by atoms with E-state index in [0.717, 1.165) is 37.1 Å². The maximum Gasteiger partial charge on any atom is 0.271 e. The number of carbonyl (C=O) groups is 1. The Morgan fingerprint density at radius 2 is 1.91 bits per heavy atom. The fraction of sp³-hybridized carbons (Fsp3) is 0.0417. The molecule has 0 aliphatic heterocycles. The van der Waals surface area contributed by atoms with Gasteiger partial charge in [0.05, 0.1) is 16.0 Å². The lowest BCUT2D eigenvalue weighted by Crippen LogP contribution is -2.12. The summed E-state index contributed by atoms with van der Waals surface area (Å²) >= 11 is 3.51. The van der Waals surface area contributed by atoms with Crippen LogP contribution in [-0.2, 0) is 0 Å². The van der Waals surface area contributed by atoms with E-state index in [0.29, 0.717) is 5.56 Å². The molecule has 0 unspecified atom stereocenters. The molecule has 32 heavy (non-hydrogen) atoms. The smallest absolute Gasteiger partial charge is 0.271 e. The maximum absolute atomic E-state index is 12.9. The molecule has 0 atom stereocenters. The molecule has 7 nitrogen and oxygen atoms in total. The number of aromatic amines is 1. The minimum Gasteiger partial charge on any atom is -0.507 e. The number of nitro groups is 1.